The van der Waals surface area contributed by atoms with E-state index in [2.05, 4.69) is 15.3 Å². The third kappa shape index (κ3) is 5.51. The summed E-state index contributed by atoms with van der Waals surface area (Å²) in [6.07, 6.45) is 6.69. The second kappa shape index (κ2) is 11.0. The number of hydrogen-bond acceptors (Lipinski definition) is 7. The Hall–Kier alpha value is -4.28. The highest BCUT2D eigenvalue weighted by Gasteiger charge is 2.21. The molecule has 2 amide bonds. The third-order valence-corrected chi connectivity index (χ3v) is 6.60. The molecule has 1 unspecified atom stereocenters. The summed E-state index contributed by atoms with van der Waals surface area (Å²) in [6.45, 7) is 3.88. The van der Waals surface area contributed by atoms with Crippen molar-refractivity contribution >= 4 is 29.0 Å². The van der Waals surface area contributed by atoms with Gasteiger partial charge in [-0.3, -0.25) is 9.59 Å². The van der Waals surface area contributed by atoms with E-state index in [-0.39, 0.29) is 12.3 Å². The van der Waals surface area contributed by atoms with Gasteiger partial charge in [0.25, 0.3) is 5.91 Å². The predicted octanol–water partition coefficient (Wildman–Crippen LogP) is 2.95. The fraction of sp³-hybridized carbons (Fsp3) is 0.286. The van der Waals surface area contributed by atoms with Crippen LogP contribution >= 0.6 is 0 Å². The Morgan fingerprint density at radius 3 is 2.66 bits per heavy atom. The van der Waals surface area contributed by atoms with E-state index in [9.17, 15) is 14.7 Å². The highest BCUT2D eigenvalue weighted by atomic mass is 16.5. The second-order valence-corrected chi connectivity index (χ2v) is 9.43. The first kappa shape index (κ1) is 25.4. The maximum atomic E-state index is 12.7. The number of fused-ring (bicyclic) bond motifs is 1. The van der Waals surface area contributed by atoms with Gasteiger partial charge in [-0.15, -0.1) is 0 Å². The molecule has 4 N–H and O–H groups in total. The van der Waals surface area contributed by atoms with Crippen LogP contribution in [0, 0.1) is 0 Å². The van der Waals surface area contributed by atoms with Gasteiger partial charge in [-0.1, -0.05) is 24.3 Å². The van der Waals surface area contributed by atoms with Crippen LogP contribution in [0.4, 0.5) is 11.5 Å². The first-order valence-corrected chi connectivity index (χ1v) is 12.5. The maximum Gasteiger partial charge on any atom is 0.255 e. The Bertz CT molecular complexity index is 1440. The molecule has 1 aliphatic heterocycles. The number of morpholine rings is 1. The fourth-order valence-corrected chi connectivity index (χ4v) is 4.66. The zero-order valence-corrected chi connectivity index (χ0v) is 21.1. The number of nitrogens with one attached hydrogen (secondary N) is 1. The van der Waals surface area contributed by atoms with Crippen molar-refractivity contribution in [1.29, 1.82) is 0 Å². The zero-order chi connectivity index (χ0) is 26.6. The van der Waals surface area contributed by atoms with Crippen LogP contribution in [-0.2, 0) is 9.53 Å². The highest BCUT2D eigenvalue weighted by molar-refractivity contribution is 5.94. The number of anilines is 2. The van der Waals surface area contributed by atoms with Crippen molar-refractivity contribution in [3.05, 3.63) is 78.4 Å². The number of imidazole rings is 1. The third-order valence-electron chi connectivity index (χ3n) is 6.60. The van der Waals surface area contributed by atoms with Crippen LogP contribution in [0.15, 0.2) is 67.3 Å². The molecule has 0 bridgehead atoms. The summed E-state index contributed by atoms with van der Waals surface area (Å²) in [5.41, 5.74) is 10.1. The minimum absolute atomic E-state index is 0.0604. The molecule has 1 aliphatic rings. The number of carbonyl (C=O) groups excluding carboxylic acids is 2. The monoisotopic (exact) mass is 514 g/mol. The molecule has 0 saturated carbocycles. The van der Waals surface area contributed by atoms with Crippen molar-refractivity contribution in [2.75, 3.05) is 31.6 Å². The second-order valence-electron chi connectivity index (χ2n) is 9.43. The topological polar surface area (TPSA) is 135 Å². The molecule has 1 saturated heterocycles. The molecule has 0 spiro atoms. The number of carbonyl (C=O) groups is 2. The highest BCUT2D eigenvalue weighted by Crippen LogP contribution is 2.31. The van der Waals surface area contributed by atoms with Crippen molar-refractivity contribution in [1.82, 2.24) is 19.3 Å². The largest absolute Gasteiger partial charge is 0.393 e. The molecular formula is C28H30N6O4. The first-order chi connectivity index (χ1) is 18.4. The van der Waals surface area contributed by atoms with Crippen LogP contribution in [0.3, 0.4) is 0 Å². The molecule has 2 atom stereocenters. The maximum absolute atomic E-state index is 12.7. The van der Waals surface area contributed by atoms with Crippen LogP contribution < -0.4 is 11.1 Å². The number of ether oxygens (including phenoxy) is 1. The lowest BCUT2D eigenvalue weighted by molar-refractivity contribution is -0.120. The van der Waals surface area contributed by atoms with Gasteiger partial charge in [0.1, 0.15) is 5.82 Å². The molecule has 4 heterocycles. The van der Waals surface area contributed by atoms with Gasteiger partial charge >= 0.3 is 0 Å². The molecule has 0 radical (unpaired) electrons. The Balaban J connectivity index is 1.42. The Morgan fingerprint density at radius 2 is 1.95 bits per heavy atom. The molecule has 10 nitrogen and oxygen atoms in total. The molecule has 38 heavy (non-hydrogen) atoms. The summed E-state index contributed by atoms with van der Waals surface area (Å²) >= 11 is 0. The number of aliphatic hydroxyl groups excluding tert-OH is 1. The summed E-state index contributed by atoms with van der Waals surface area (Å²) in [4.78, 5) is 35.5. The number of nitrogens with two attached hydrogens (primary N) is 1. The standard InChI is InChI=1S/C28H30N6O4/c1-18(35)13-23(26(29)36)20-4-2-3-19(14-20)22-15-24(27-30-7-8-34(27)17-22)32-25-6-5-21(16-31-25)28(37)33-9-11-38-12-10-33/h2-8,14-18,23,35H,9-13H2,1H3,(H2,29,36)(H,31,32)/t18-,23?/m0/s1. The average Bonchev–Trinajstić information content (AvgIpc) is 3.41. The molecule has 196 valence electrons. The molecular weight excluding hydrogens is 484 g/mol. The number of pyridine rings is 2. The van der Waals surface area contributed by atoms with E-state index in [1.807, 2.05) is 47.1 Å². The number of aliphatic hydroxyl groups is 1. The molecule has 3 aromatic heterocycles. The van der Waals surface area contributed by atoms with E-state index >= 15 is 0 Å². The molecule has 1 fully saturated rings. The summed E-state index contributed by atoms with van der Waals surface area (Å²) < 4.78 is 7.23. The number of hydrogen-bond donors (Lipinski definition) is 3. The number of aromatic nitrogens is 3. The van der Waals surface area contributed by atoms with Crippen molar-refractivity contribution in [2.24, 2.45) is 5.73 Å². The molecule has 4 aromatic rings. The number of rotatable bonds is 8. The SMILES string of the molecule is C[C@H](O)CC(C(N)=O)c1cccc(-c2cc(Nc3ccc(C(=O)N4CCOCC4)cn3)c3nccn3c2)c1. The van der Waals surface area contributed by atoms with Crippen LogP contribution in [0.2, 0.25) is 0 Å². The molecule has 0 aliphatic carbocycles. The Labute approximate surface area is 220 Å². The van der Waals surface area contributed by atoms with Crippen LogP contribution in [-0.4, -0.2) is 68.6 Å². The molecule has 1 aromatic carbocycles. The van der Waals surface area contributed by atoms with E-state index in [1.54, 1.807) is 36.4 Å². The Morgan fingerprint density at radius 1 is 1.13 bits per heavy atom. The summed E-state index contributed by atoms with van der Waals surface area (Å²) in [6, 6.07) is 13.1. The quantitative estimate of drug-likeness (QED) is 0.329. The zero-order valence-electron chi connectivity index (χ0n) is 21.1. The van der Waals surface area contributed by atoms with Gasteiger partial charge in [0.2, 0.25) is 5.91 Å². The van der Waals surface area contributed by atoms with Gasteiger partial charge in [-0.2, -0.15) is 0 Å². The first-order valence-electron chi connectivity index (χ1n) is 12.5. The molecule has 5 rings (SSSR count). The van der Waals surface area contributed by atoms with Crippen molar-refractivity contribution in [3.63, 3.8) is 0 Å². The van der Waals surface area contributed by atoms with Gasteiger partial charge in [0, 0.05) is 43.4 Å². The van der Waals surface area contributed by atoms with Crippen molar-refractivity contribution < 1.29 is 19.4 Å². The van der Waals surface area contributed by atoms with Crippen LogP contribution in [0.5, 0.6) is 0 Å². The summed E-state index contributed by atoms with van der Waals surface area (Å²) in [5, 5.41) is 13.2. The number of primary amides is 1. The number of nitrogens with zero attached hydrogens (tertiary/aromatic N) is 4. The van der Waals surface area contributed by atoms with Gasteiger partial charge in [-0.25, -0.2) is 9.97 Å². The number of amides is 2. The Kier molecular flexibility index (Phi) is 7.34. The van der Waals surface area contributed by atoms with E-state index in [0.717, 1.165) is 22.4 Å². The van der Waals surface area contributed by atoms with E-state index < -0.39 is 17.9 Å². The predicted molar refractivity (Wildman–Crippen MR) is 143 cm³/mol. The van der Waals surface area contributed by atoms with Gasteiger partial charge in [0.15, 0.2) is 5.65 Å². The minimum atomic E-state index is -0.655. The van der Waals surface area contributed by atoms with E-state index in [1.165, 1.54) is 0 Å². The van der Waals surface area contributed by atoms with Gasteiger partial charge < -0.3 is 30.2 Å². The average molecular weight is 515 g/mol. The lowest BCUT2D eigenvalue weighted by Gasteiger charge is -2.26. The fourth-order valence-electron chi connectivity index (χ4n) is 4.66. The van der Waals surface area contributed by atoms with E-state index in [4.69, 9.17) is 10.5 Å². The van der Waals surface area contributed by atoms with Crippen molar-refractivity contribution in [2.45, 2.75) is 25.4 Å². The van der Waals surface area contributed by atoms with Gasteiger partial charge in [-0.05, 0) is 42.7 Å². The van der Waals surface area contributed by atoms with E-state index in [0.29, 0.717) is 43.3 Å². The van der Waals surface area contributed by atoms with Crippen LogP contribution in [0.25, 0.3) is 16.8 Å². The normalized spacial score (nSPS) is 15.3. The smallest absolute Gasteiger partial charge is 0.255 e. The minimum Gasteiger partial charge on any atom is -0.393 e. The summed E-state index contributed by atoms with van der Waals surface area (Å²) in [7, 11) is 0. The lowest BCUT2D eigenvalue weighted by Crippen LogP contribution is -2.40. The molecule has 10 heteroatoms. The van der Waals surface area contributed by atoms with Crippen molar-refractivity contribution in [3.8, 4) is 11.1 Å². The van der Waals surface area contributed by atoms with Gasteiger partial charge in [0.05, 0.1) is 36.5 Å². The summed E-state index contributed by atoms with van der Waals surface area (Å²) in [5.74, 6) is -0.552. The number of benzene rings is 1. The lowest BCUT2D eigenvalue weighted by atomic mass is 9.90. The van der Waals surface area contributed by atoms with Crippen LogP contribution in [0.1, 0.15) is 35.2 Å².